The van der Waals surface area contributed by atoms with Crippen molar-refractivity contribution in [2.75, 3.05) is 6.54 Å². The van der Waals surface area contributed by atoms with Crippen LogP contribution in [-0.2, 0) is 10.0 Å². The Kier molecular flexibility index (Phi) is 3.53. The average molecular weight is 290 g/mol. The average Bonchev–Trinajstić information content (AvgIpc) is 3.32. The van der Waals surface area contributed by atoms with Crippen molar-refractivity contribution in [1.82, 2.24) is 4.72 Å². The molecule has 0 aromatic heterocycles. The second-order valence-corrected chi connectivity index (χ2v) is 7.53. The molecule has 0 bridgehead atoms. The molecule has 1 N–H and O–H groups in total. The molecule has 0 unspecified atom stereocenters. The number of hydrogen-bond donors (Lipinski definition) is 1. The minimum atomic E-state index is -3.58. The third-order valence-electron chi connectivity index (χ3n) is 4.26. The zero-order chi connectivity index (χ0) is 14.2. The predicted molar refractivity (Wildman–Crippen MR) is 75.3 cm³/mol. The van der Waals surface area contributed by atoms with E-state index in [0.29, 0.717) is 24.3 Å². The van der Waals surface area contributed by atoms with Crippen LogP contribution in [0.4, 0.5) is 0 Å². The number of rotatable bonds is 6. The van der Waals surface area contributed by atoms with E-state index in [1.807, 2.05) is 6.07 Å². The lowest BCUT2D eigenvalue weighted by Crippen LogP contribution is -2.31. The first-order chi connectivity index (χ1) is 9.62. The Balaban J connectivity index is 1.73. The Bertz CT molecular complexity index is 628. The highest BCUT2D eigenvalue weighted by atomic mass is 32.2. The number of sulfonamides is 1. The van der Waals surface area contributed by atoms with Crippen LogP contribution in [0.25, 0.3) is 0 Å². The molecule has 0 amide bonds. The first-order valence-electron chi connectivity index (χ1n) is 7.10. The third-order valence-corrected chi connectivity index (χ3v) is 5.74. The third kappa shape index (κ3) is 2.87. The van der Waals surface area contributed by atoms with E-state index in [1.165, 1.54) is 37.8 Å². The number of nitriles is 1. The summed E-state index contributed by atoms with van der Waals surface area (Å²) < 4.78 is 27.4. The Labute approximate surface area is 119 Å². The van der Waals surface area contributed by atoms with Crippen LogP contribution >= 0.6 is 0 Å². The summed E-state index contributed by atoms with van der Waals surface area (Å²) in [6, 6.07) is 8.29. The largest absolute Gasteiger partial charge is 0.241 e. The lowest BCUT2D eigenvalue weighted by molar-refractivity contribution is 0.401. The van der Waals surface area contributed by atoms with Crippen molar-refractivity contribution >= 4 is 10.0 Å². The maximum absolute atomic E-state index is 12.3. The summed E-state index contributed by atoms with van der Waals surface area (Å²) in [5, 5.41) is 9.01. The van der Waals surface area contributed by atoms with Gasteiger partial charge < -0.3 is 0 Å². The van der Waals surface area contributed by atoms with E-state index in [0.717, 1.165) is 0 Å². The molecule has 1 aromatic rings. The van der Waals surface area contributed by atoms with Gasteiger partial charge in [0, 0.05) is 6.54 Å². The number of nitrogens with one attached hydrogen (secondary N) is 1. The van der Waals surface area contributed by atoms with Gasteiger partial charge in [0.25, 0.3) is 0 Å². The van der Waals surface area contributed by atoms with Gasteiger partial charge in [0.1, 0.15) is 6.07 Å². The van der Waals surface area contributed by atoms with Crippen LogP contribution in [0.15, 0.2) is 29.2 Å². The molecule has 0 spiro atoms. The maximum atomic E-state index is 12.3. The molecule has 2 aliphatic rings. The topological polar surface area (TPSA) is 70.0 Å². The van der Waals surface area contributed by atoms with E-state index >= 15 is 0 Å². The van der Waals surface area contributed by atoms with Crippen LogP contribution < -0.4 is 4.72 Å². The molecule has 4 nitrogen and oxygen atoms in total. The van der Waals surface area contributed by atoms with Crippen LogP contribution in [0, 0.1) is 29.1 Å². The van der Waals surface area contributed by atoms with E-state index in [2.05, 4.69) is 4.72 Å². The minimum absolute atomic E-state index is 0.0906. The molecule has 0 saturated heterocycles. The standard InChI is InChI=1S/C15H18N2O2S/c16-9-13-3-1-2-4-15(13)20(18,19)17-10-14(11-5-6-11)12-7-8-12/h1-4,11-12,14,17H,5-8,10H2. The molecular formula is C15H18N2O2S. The monoisotopic (exact) mass is 290 g/mol. The van der Waals surface area contributed by atoms with Crippen LogP contribution in [0.5, 0.6) is 0 Å². The number of nitrogens with zero attached hydrogens (tertiary/aromatic N) is 1. The Morgan fingerprint density at radius 3 is 2.35 bits per heavy atom. The summed E-state index contributed by atoms with van der Waals surface area (Å²) in [5.41, 5.74) is 0.203. The smallest absolute Gasteiger partial charge is 0.211 e. The molecule has 0 radical (unpaired) electrons. The summed E-state index contributed by atoms with van der Waals surface area (Å²) >= 11 is 0. The fraction of sp³-hybridized carbons (Fsp3) is 0.533. The van der Waals surface area contributed by atoms with Gasteiger partial charge in [0.2, 0.25) is 10.0 Å². The van der Waals surface area contributed by atoms with Crippen LogP contribution in [-0.4, -0.2) is 15.0 Å². The lowest BCUT2D eigenvalue weighted by atomic mass is 9.99. The summed E-state index contributed by atoms with van der Waals surface area (Å²) in [6.07, 6.45) is 4.94. The fourth-order valence-electron chi connectivity index (χ4n) is 2.84. The van der Waals surface area contributed by atoms with Gasteiger partial charge in [-0.2, -0.15) is 5.26 Å². The molecular weight excluding hydrogens is 272 g/mol. The van der Waals surface area contributed by atoms with Crippen LogP contribution in [0.2, 0.25) is 0 Å². The Hall–Kier alpha value is -1.38. The normalized spacial score (nSPS) is 19.0. The van der Waals surface area contributed by atoms with Gasteiger partial charge in [-0.05, 0) is 55.6 Å². The van der Waals surface area contributed by atoms with Crippen molar-refractivity contribution in [2.45, 2.75) is 30.6 Å². The molecule has 0 heterocycles. The van der Waals surface area contributed by atoms with Crippen LogP contribution in [0.1, 0.15) is 31.2 Å². The van der Waals surface area contributed by atoms with E-state index in [9.17, 15) is 8.42 Å². The van der Waals surface area contributed by atoms with Crippen LogP contribution in [0.3, 0.4) is 0 Å². The molecule has 0 atom stereocenters. The van der Waals surface area contributed by atoms with E-state index in [1.54, 1.807) is 12.1 Å². The number of hydrogen-bond acceptors (Lipinski definition) is 3. The lowest BCUT2D eigenvalue weighted by Gasteiger charge is -2.16. The molecule has 2 fully saturated rings. The molecule has 5 heteroatoms. The SMILES string of the molecule is N#Cc1ccccc1S(=O)(=O)NCC(C1CC1)C1CC1. The first kappa shape index (κ1) is 13.6. The van der Waals surface area contributed by atoms with Gasteiger partial charge in [0.05, 0.1) is 10.5 Å². The highest BCUT2D eigenvalue weighted by molar-refractivity contribution is 7.89. The van der Waals surface area contributed by atoms with Crippen molar-refractivity contribution in [3.63, 3.8) is 0 Å². The molecule has 106 valence electrons. The van der Waals surface area contributed by atoms with Crippen molar-refractivity contribution in [3.8, 4) is 6.07 Å². The van der Waals surface area contributed by atoms with E-state index < -0.39 is 10.0 Å². The van der Waals surface area contributed by atoms with Crippen molar-refractivity contribution < 1.29 is 8.42 Å². The molecule has 1 aromatic carbocycles. The quantitative estimate of drug-likeness (QED) is 0.873. The Morgan fingerprint density at radius 2 is 1.80 bits per heavy atom. The van der Waals surface area contributed by atoms with E-state index in [-0.39, 0.29) is 10.5 Å². The van der Waals surface area contributed by atoms with Gasteiger partial charge >= 0.3 is 0 Å². The molecule has 2 aliphatic carbocycles. The van der Waals surface area contributed by atoms with Crippen molar-refractivity contribution in [2.24, 2.45) is 17.8 Å². The van der Waals surface area contributed by atoms with Gasteiger partial charge in [-0.25, -0.2) is 13.1 Å². The van der Waals surface area contributed by atoms with Gasteiger partial charge in [-0.1, -0.05) is 12.1 Å². The summed E-state index contributed by atoms with van der Waals surface area (Å²) in [6.45, 7) is 0.511. The highest BCUT2D eigenvalue weighted by Crippen LogP contribution is 2.48. The predicted octanol–water partition coefficient (Wildman–Crippen LogP) is 2.27. The fourth-order valence-corrected chi connectivity index (χ4v) is 4.07. The van der Waals surface area contributed by atoms with Gasteiger partial charge in [-0.3, -0.25) is 0 Å². The highest BCUT2D eigenvalue weighted by Gasteiger charge is 2.41. The van der Waals surface area contributed by atoms with Gasteiger partial charge in [0.15, 0.2) is 0 Å². The summed E-state index contributed by atoms with van der Waals surface area (Å²) in [7, 11) is -3.58. The molecule has 2 saturated carbocycles. The maximum Gasteiger partial charge on any atom is 0.241 e. The molecule has 20 heavy (non-hydrogen) atoms. The summed E-state index contributed by atoms with van der Waals surface area (Å²) in [4.78, 5) is 0.0906. The van der Waals surface area contributed by atoms with E-state index in [4.69, 9.17) is 5.26 Å². The zero-order valence-corrected chi connectivity index (χ0v) is 12.1. The zero-order valence-electron chi connectivity index (χ0n) is 11.2. The van der Waals surface area contributed by atoms with Gasteiger partial charge in [-0.15, -0.1) is 0 Å². The minimum Gasteiger partial charge on any atom is -0.211 e. The Morgan fingerprint density at radius 1 is 1.20 bits per heavy atom. The molecule has 0 aliphatic heterocycles. The molecule has 3 rings (SSSR count). The number of benzene rings is 1. The first-order valence-corrected chi connectivity index (χ1v) is 8.59. The second kappa shape index (κ2) is 5.19. The summed E-state index contributed by atoms with van der Waals surface area (Å²) in [5.74, 6) is 1.90. The van der Waals surface area contributed by atoms with Crippen molar-refractivity contribution in [3.05, 3.63) is 29.8 Å². The van der Waals surface area contributed by atoms with Crippen molar-refractivity contribution in [1.29, 1.82) is 5.26 Å². The second-order valence-electron chi connectivity index (χ2n) is 5.80.